The molecule has 108 valence electrons. The molecule has 5 heteroatoms. The second-order valence-corrected chi connectivity index (χ2v) is 4.57. The zero-order valence-corrected chi connectivity index (χ0v) is 11.4. The Morgan fingerprint density at radius 3 is 2.65 bits per heavy atom. The molecule has 1 aromatic heterocycles. The van der Waals surface area contributed by atoms with Crippen LogP contribution in [0, 0.1) is 11.6 Å². The number of rotatable bonds is 7. The number of nitrogens with zero attached hydrogens (tertiary/aromatic N) is 1. The topological polar surface area (TPSA) is 26.2 Å². The van der Waals surface area contributed by atoms with Gasteiger partial charge in [0.15, 0.2) is 0 Å². The summed E-state index contributed by atoms with van der Waals surface area (Å²) in [5.74, 6) is -1.10. The highest BCUT2D eigenvalue weighted by atomic mass is 19.1. The summed E-state index contributed by atoms with van der Waals surface area (Å²) in [5, 5.41) is 3.24. The summed E-state index contributed by atoms with van der Waals surface area (Å²) in [7, 11) is 1.66. The minimum absolute atomic E-state index is 0.447. The normalized spacial score (nSPS) is 10.9. The van der Waals surface area contributed by atoms with E-state index in [1.807, 2.05) is 22.9 Å². The van der Waals surface area contributed by atoms with Crippen molar-refractivity contribution in [3.63, 3.8) is 0 Å². The fourth-order valence-electron chi connectivity index (χ4n) is 2.05. The zero-order valence-electron chi connectivity index (χ0n) is 11.4. The van der Waals surface area contributed by atoms with Gasteiger partial charge in [0.25, 0.3) is 0 Å². The lowest BCUT2D eigenvalue weighted by molar-refractivity contribution is 0.199. The number of aromatic nitrogens is 1. The third-order valence-electron chi connectivity index (χ3n) is 2.99. The van der Waals surface area contributed by atoms with Crippen molar-refractivity contribution in [2.45, 2.75) is 13.1 Å². The predicted octanol–water partition coefficient (Wildman–Crippen LogP) is 2.55. The molecule has 0 bridgehead atoms. The maximum absolute atomic E-state index is 13.2. The Morgan fingerprint density at radius 1 is 1.20 bits per heavy atom. The molecule has 0 radical (unpaired) electrons. The van der Waals surface area contributed by atoms with Gasteiger partial charge in [0.05, 0.1) is 6.61 Å². The Kier molecular flexibility index (Phi) is 5.26. The third kappa shape index (κ3) is 4.15. The highest BCUT2D eigenvalue weighted by Gasteiger charge is 2.04. The molecule has 0 atom stereocenters. The Balaban J connectivity index is 2.00. The molecule has 3 nitrogen and oxygen atoms in total. The first-order valence-corrected chi connectivity index (χ1v) is 6.47. The smallest absolute Gasteiger partial charge is 0.126 e. The van der Waals surface area contributed by atoms with Gasteiger partial charge in [-0.1, -0.05) is 0 Å². The molecule has 2 rings (SSSR count). The first-order chi connectivity index (χ1) is 9.69. The van der Waals surface area contributed by atoms with Crippen LogP contribution < -0.4 is 5.32 Å². The van der Waals surface area contributed by atoms with E-state index in [1.165, 1.54) is 12.1 Å². The molecule has 0 fully saturated rings. The summed E-state index contributed by atoms with van der Waals surface area (Å²) >= 11 is 0. The second kappa shape index (κ2) is 7.17. The van der Waals surface area contributed by atoms with Crippen molar-refractivity contribution in [3.05, 3.63) is 59.4 Å². The molecule has 1 N–H and O–H groups in total. The average molecular weight is 280 g/mol. The maximum Gasteiger partial charge on any atom is 0.126 e. The molecule has 0 aliphatic rings. The molecule has 0 saturated carbocycles. The lowest BCUT2D eigenvalue weighted by atomic mass is 10.2. The van der Waals surface area contributed by atoms with E-state index in [9.17, 15) is 8.78 Å². The summed E-state index contributed by atoms with van der Waals surface area (Å²) in [6.45, 7) is 2.54. The van der Waals surface area contributed by atoms with Crippen molar-refractivity contribution in [2.24, 2.45) is 0 Å². The van der Waals surface area contributed by atoms with Crippen molar-refractivity contribution >= 4 is 0 Å². The largest absolute Gasteiger partial charge is 0.383 e. The van der Waals surface area contributed by atoms with E-state index in [0.29, 0.717) is 25.3 Å². The number of methoxy groups -OCH3 is 1. The summed E-state index contributed by atoms with van der Waals surface area (Å²) in [5.41, 5.74) is 1.67. The quantitative estimate of drug-likeness (QED) is 0.789. The van der Waals surface area contributed by atoms with Crippen LogP contribution in [0.2, 0.25) is 0 Å². The fraction of sp³-hybridized carbons (Fsp3) is 0.333. The lowest BCUT2D eigenvalue weighted by Gasteiger charge is -2.10. The number of hydrogen-bond acceptors (Lipinski definition) is 2. The minimum Gasteiger partial charge on any atom is -0.383 e. The molecular weight excluding hydrogens is 262 g/mol. The van der Waals surface area contributed by atoms with E-state index < -0.39 is 11.6 Å². The van der Waals surface area contributed by atoms with Crippen LogP contribution in [0.15, 0.2) is 36.5 Å². The van der Waals surface area contributed by atoms with Crippen LogP contribution in [0.25, 0.3) is 0 Å². The van der Waals surface area contributed by atoms with Crippen LogP contribution in [-0.4, -0.2) is 24.8 Å². The van der Waals surface area contributed by atoms with Gasteiger partial charge in [-0.15, -0.1) is 0 Å². The Hall–Kier alpha value is -1.72. The summed E-state index contributed by atoms with van der Waals surface area (Å²) < 4.78 is 33.3. The molecule has 0 saturated heterocycles. The molecule has 0 unspecified atom stereocenters. The number of benzene rings is 1. The molecule has 0 aliphatic heterocycles. The van der Waals surface area contributed by atoms with Crippen LogP contribution in [-0.2, 0) is 17.8 Å². The first kappa shape index (κ1) is 14.7. The highest BCUT2D eigenvalue weighted by molar-refractivity contribution is 5.20. The molecule has 0 amide bonds. The Morgan fingerprint density at radius 2 is 1.95 bits per heavy atom. The monoisotopic (exact) mass is 280 g/mol. The molecule has 2 aromatic rings. The SMILES string of the molecule is COCCNCc1cccn1Cc1cc(F)cc(F)c1. The van der Waals surface area contributed by atoms with Gasteiger partial charge in [0.2, 0.25) is 0 Å². The average Bonchev–Trinajstić information content (AvgIpc) is 2.81. The lowest BCUT2D eigenvalue weighted by Crippen LogP contribution is -2.20. The number of hydrogen-bond donors (Lipinski definition) is 1. The molecule has 20 heavy (non-hydrogen) atoms. The van der Waals surface area contributed by atoms with E-state index in [1.54, 1.807) is 7.11 Å². The molecule has 1 aromatic carbocycles. The molecule has 1 heterocycles. The van der Waals surface area contributed by atoms with E-state index in [4.69, 9.17) is 4.74 Å². The van der Waals surface area contributed by atoms with Crippen molar-refractivity contribution in [3.8, 4) is 0 Å². The van der Waals surface area contributed by atoms with E-state index in [2.05, 4.69) is 5.32 Å². The third-order valence-corrected chi connectivity index (χ3v) is 2.99. The Labute approximate surface area is 117 Å². The van der Waals surface area contributed by atoms with Crippen molar-refractivity contribution in [1.82, 2.24) is 9.88 Å². The van der Waals surface area contributed by atoms with Gasteiger partial charge < -0.3 is 14.6 Å². The van der Waals surface area contributed by atoms with E-state index in [-0.39, 0.29) is 0 Å². The van der Waals surface area contributed by atoms with Crippen LogP contribution in [0.4, 0.5) is 8.78 Å². The number of halogens is 2. The molecule has 0 spiro atoms. The standard InChI is InChI=1S/C15H18F2N2O/c1-20-6-4-18-10-15-3-2-5-19(15)11-12-7-13(16)9-14(17)8-12/h2-3,5,7-9,18H,4,6,10-11H2,1H3. The summed E-state index contributed by atoms with van der Waals surface area (Å²) in [6, 6.07) is 7.49. The van der Waals surface area contributed by atoms with Crippen molar-refractivity contribution in [1.29, 1.82) is 0 Å². The van der Waals surface area contributed by atoms with Crippen molar-refractivity contribution in [2.75, 3.05) is 20.3 Å². The van der Waals surface area contributed by atoms with Crippen LogP contribution in [0.3, 0.4) is 0 Å². The zero-order chi connectivity index (χ0) is 14.4. The highest BCUT2D eigenvalue weighted by Crippen LogP contribution is 2.12. The predicted molar refractivity (Wildman–Crippen MR) is 73.5 cm³/mol. The van der Waals surface area contributed by atoms with Gasteiger partial charge in [-0.05, 0) is 29.8 Å². The van der Waals surface area contributed by atoms with Crippen LogP contribution in [0.1, 0.15) is 11.3 Å². The van der Waals surface area contributed by atoms with Crippen LogP contribution >= 0.6 is 0 Å². The van der Waals surface area contributed by atoms with Crippen molar-refractivity contribution < 1.29 is 13.5 Å². The summed E-state index contributed by atoms with van der Waals surface area (Å²) in [4.78, 5) is 0. The maximum atomic E-state index is 13.2. The number of nitrogens with one attached hydrogen (secondary N) is 1. The van der Waals surface area contributed by atoms with Gasteiger partial charge in [-0.3, -0.25) is 0 Å². The number of ether oxygens (including phenoxy) is 1. The van der Waals surface area contributed by atoms with Gasteiger partial charge >= 0.3 is 0 Å². The minimum atomic E-state index is -0.549. The summed E-state index contributed by atoms with van der Waals surface area (Å²) in [6.07, 6.45) is 1.90. The second-order valence-electron chi connectivity index (χ2n) is 4.57. The fourth-order valence-corrected chi connectivity index (χ4v) is 2.05. The van der Waals surface area contributed by atoms with Gasteiger partial charge in [0.1, 0.15) is 11.6 Å². The molecule has 0 aliphatic carbocycles. The van der Waals surface area contributed by atoms with E-state index >= 15 is 0 Å². The van der Waals surface area contributed by atoms with Gasteiger partial charge in [-0.2, -0.15) is 0 Å². The van der Waals surface area contributed by atoms with Crippen LogP contribution in [0.5, 0.6) is 0 Å². The van der Waals surface area contributed by atoms with E-state index in [0.717, 1.165) is 18.3 Å². The van der Waals surface area contributed by atoms with Gasteiger partial charge in [-0.25, -0.2) is 8.78 Å². The first-order valence-electron chi connectivity index (χ1n) is 6.47. The Bertz CT molecular complexity index is 534. The molecular formula is C15H18F2N2O. The van der Waals surface area contributed by atoms with Gasteiger partial charge in [0, 0.05) is 44.7 Å².